The molecule has 2 amide bonds. The summed E-state index contributed by atoms with van der Waals surface area (Å²) in [5.41, 5.74) is 1.29. The van der Waals surface area contributed by atoms with E-state index in [1.165, 1.54) is 41.0 Å². The molecule has 196 valence electrons. The molecule has 11 heteroatoms. The summed E-state index contributed by atoms with van der Waals surface area (Å²) in [4.78, 5) is 16.0. The van der Waals surface area contributed by atoms with Crippen LogP contribution in [0.4, 0.5) is 33.7 Å². The van der Waals surface area contributed by atoms with Crippen LogP contribution in [0.15, 0.2) is 65.6 Å². The van der Waals surface area contributed by atoms with Crippen molar-refractivity contribution in [2.75, 3.05) is 22.7 Å². The van der Waals surface area contributed by atoms with E-state index in [9.17, 15) is 30.8 Å². The van der Waals surface area contributed by atoms with Crippen molar-refractivity contribution in [1.29, 1.82) is 0 Å². The van der Waals surface area contributed by atoms with Crippen LogP contribution in [-0.2, 0) is 22.7 Å². The molecule has 0 bridgehead atoms. The highest BCUT2D eigenvalue weighted by molar-refractivity contribution is 7.92. The van der Waals surface area contributed by atoms with Crippen molar-refractivity contribution in [3.63, 3.8) is 0 Å². The Morgan fingerprint density at radius 3 is 2.30 bits per heavy atom. The minimum Gasteiger partial charge on any atom is -0.320 e. The van der Waals surface area contributed by atoms with E-state index in [2.05, 4.69) is 4.72 Å². The number of nitrogens with zero attached hydrogens (tertiary/aromatic N) is 2. The van der Waals surface area contributed by atoms with Gasteiger partial charge in [0.1, 0.15) is 5.82 Å². The fourth-order valence-corrected chi connectivity index (χ4v) is 5.16. The van der Waals surface area contributed by atoms with Gasteiger partial charge in [-0.2, -0.15) is 13.2 Å². The standard InChI is InChI=1S/C26H25F4N3O3S/c1-17-4-11-24(23(14-17)31-37(35,36)21-10-5-18(2)22(27)15-21)33-13-3-12-32(25(33)34)16-19-6-8-20(9-7-19)26(28,29)30/h4-11,14-15,31H,3,12-13,16H2,1-2H3. The Labute approximate surface area is 212 Å². The van der Waals surface area contributed by atoms with Crippen LogP contribution in [0.3, 0.4) is 0 Å². The van der Waals surface area contributed by atoms with Crippen LogP contribution in [0.5, 0.6) is 0 Å². The average molecular weight is 536 g/mol. The number of alkyl halides is 3. The molecule has 1 aliphatic rings. The average Bonchev–Trinajstić information content (AvgIpc) is 2.82. The summed E-state index contributed by atoms with van der Waals surface area (Å²) < 4.78 is 81.2. The molecule has 4 rings (SSSR count). The fourth-order valence-electron chi connectivity index (χ4n) is 4.08. The molecule has 1 aliphatic heterocycles. The molecule has 1 saturated heterocycles. The highest BCUT2D eigenvalue weighted by Crippen LogP contribution is 2.33. The van der Waals surface area contributed by atoms with Gasteiger partial charge in [0.05, 0.1) is 21.8 Å². The summed E-state index contributed by atoms with van der Waals surface area (Å²) in [6, 6.07) is 12.8. The van der Waals surface area contributed by atoms with Crippen LogP contribution in [0.2, 0.25) is 0 Å². The first-order valence-electron chi connectivity index (χ1n) is 11.5. The Morgan fingerprint density at radius 1 is 0.946 bits per heavy atom. The summed E-state index contributed by atoms with van der Waals surface area (Å²) in [6.07, 6.45) is -3.88. The van der Waals surface area contributed by atoms with Crippen molar-refractivity contribution >= 4 is 27.4 Å². The molecular formula is C26H25F4N3O3S. The molecule has 1 fully saturated rings. The number of benzene rings is 3. The van der Waals surface area contributed by atoms with Crippen molar-refractivity contribution in [3.8, 4) is 0 Å². The number of sulfonamides is 1. The molecule has 0 aliphatic carbocycles. The van der Waals surface area contributed by atoms with Gasteiger partial charge < -0.3 is 4.90 Å². The molecule has 3 aromatic carbocycles. The first kappa shape index (κ1) is 26.5. The Morgan fingerprint density at radius 2 is 1.65 bits per heavy atom. The van der Waals surface area contributed by atoms with E-state index in [1.807, 2.05) is 0 Å². The molecule has 1 N–H and O–H groups in total. The molecule has 0 spiro atoms. The van der Waals surface area contributed by atoms with Crippen molar-refractivity contribution in [3.05, 3.63) is 88.7 Å². The van der Waals surface area contributed by atoms with E-state index in [0.29, 0.717) is 36.3 Å². The fraction of sp³-hybridized carbons (Fsp3) is 0.269. The number of urea groups is 1. The SMILES string of the molecule is Cc1ccc(N2CCCN(Cc3ccc(C(F)(F)F)cc3)C2=O)c(NS(=O)(=O)c2ccc(C)c(F)c2)c1. The van der Waals surface area contributed by atoms with Crippen molar-refractivity contribution in [2.45, 2.75) is 37.9 Å². The van der Waals surface area contributed by atoms with Crippen LogP contribution in [0.25, 0.3) is 0 Å². The summed E-state index contributed by atoms with van der Waals surface area (Å²) in [5.74, 6) is -0.655. The summed E-state index contributed by atoms with van der Waals surface area (Å²) in [6.45, 7) is 4.10. The van der Waals surface area contributed by atoms with Gasteiger partial charge in [-0.15, -0.1) is 0 Å². The third-order valence-corrected chi connectivity index (χ3v) is 7.47. The monoisotopic (exact) mass is 535 g/mol. The summed E-state index contributed by atoms with van der Waals surface area (Å²) >= 11 is 0. The third kappa shape index (κ3) is 5.87. The quantitative estimate of drug-likeness (QED) is 0.388. The van der Waals surface area contributed by atoms with Gasteiger partial charge >= 0.3 is 12.2 Å². The Hall–Kier alpha value is -3.60. The topological polar surface area (TPSA) is 69.7 Å². The molecule has 0 saturated carbocycles. The second-order valence-corrected chi connectivity index (χ2v) is 10.6. The molecule has 0 radical (unpaired) electrons. The number of carbonyl (C=O) groups excluding carboxylic acids is 1. The van der Waals surface area contributed by atoms with E-state index < -0.39 is 33.6 Å². The molecule has 0 aromatic heterocycles. The Balaban J connectivity index is 1.59. The summed E-state index contributed by atoms with van der Waals surface area (Å²) in [7, 11) is -4.16. The Kier molecular flexibility index (Phi) is 7.18. The zero-order valence-corrected chi connectivity index (χ0v) is 21.0. The van der Waals surface area contributed by atoms with Gasteiger partial charge in [0.25, 0.3) is 10.0 Å². The largest absolute Gasteiger partial charge is 0.416 e. The highest BCUT2D eigenvalue weighted by atomic mass is 32.2. The van der Waals surface area contributed by atoms with Crippen molar-refractivity contribution < 1.29 is 30.8 Å². The number of anilines is 2. The molecule has 1 heterocycles. The lowest BCUT2D eigenvalue weighted by Crippen LogP contribution is -2.49. The van der Waals surface area contributed by atoms with Crippen LogP contribution < -0.4 is 9.62 Å². The zero-order valence-electron chi connectivity index (χ0n) is 20.1. The van der Waals surface area contributed by atoms with Crippen LogP contribution in [-0.4, -0.2) is 32.4 Å². The first-order chi connectivity index (χ1) is 17.3. The van der Waals surface area contributed by atoms with Crippen molar-refractivity contribution in [1.82, 2.24) is 4.90 Å². The number of amides is 2. The second-order valence-electron chi connectivity index (χ2n) is 8.94. The van der Waals surface area contributed by atoms with Crippen LogP contribution >= 0.6 is 0 Å². The number of carbonyl (C=O) groups is 1. The molecule has 0 unspecified atom stereocenters. The normalized spacial score (nSPS) is 14.7. The number of halogens is 4. The second kappa shape index (κ2) is 10.0. The number of nitrogens with one attached hydrogen (secondary N) is 1. The van der Waals surface area contributed by atoms with Gasteiger partial charge in [-0.3, -0.25) is 9.62 Å². The van der Waals surface area contributed by atoms with Gasteiger partial charge in [0.15, 0.2) is 0 Å². The third-order valence-electron chi connectivity index (χ3n) is 6.11. The van der Waals surface area contributed by atoms with Gasteiger partial charge in [-0.25, -0.2) is 17.6 Å². The van der Waals surface area contributed by atoms with E-state index in [0.717, 1.165) is 23.8 Å². The van der Waals surface area contributed by atoms with Gasteiger partial charge in [-0.1, -0.05) is 24.3 Å². The molecule has 37 heavy (non-hydrogen) atoms. The van der Waals surface area contributed by atoms with Gasteiger partial charge in [-0.05, 0) is 73.4 Å². The minimum atomic E-state index is -4.45. The number of aryl methyl sites for hydroxylation is 2. The maximum Gasteiger partial charge on any atom is 0.416 e. The summed E-state index contributed by atoms with van der Waals surface area (Å²) in [5, 5.41) is 0. The molecule has 6 nitrogen and oxygen atoms in total. The predicted molar refractivity (Wildman–Crippen MR) is 132 cm³/mol. The Bertz CT molecular complexity index is 1420. The number of rotatable bonds is 6. The van der Waals surface area contributed by atoms with Crippen LogP contribution in [0, 0.1) is 19.7 Å². The smallest absolute Gasteiger partial charge is 0.320 e. The van der Waals surface area contributed by atoms with Crippen LogP contribution in [0.1, 0.15) is 28.7 Å². The zero-order chi connectivity index (χ0) is 27.0. The molecule has 0 atom stereocenters. The van der Waals surface area contributed by atoms with E-state index in [1.54, 1.807) is 25.1 Å². The molecular weight excluding hydrogens is 510 g/mol. The number of hydrogen-bond donors (Lipinski definition) is 1. The predicted octanol–water partition coefficient (Wildman–Crippen LogP) is 6.09. The lowest BCUT2D eigenvalue weighted by atomic mass is 10.1. The van der Waals surface area contributed by atoms with Gasteiger partial charge in [0.2, 0.25) is 0 Å². The molecule has 3 aromatic rings. The van der Waals surface area contributed by atoms with Crippen molar-refractivity contribution in [2.24, 2.45) is 0 Å². The van der Waals surface area contributed by atoms with E-state index in [4.69, 9.17) is 0 Å². The first-order valence-corrected chi connectivity index (χ1v) is 13.0. The van der Waals surface area contributed by atoms with Gasteiger partial charge in [0, 0.05) is 19.6 Å². The number of hydrogen-bond acceptors (Lipinski definition) is 3. The minimum absolute atomic E-state index is 0.100. The van der Waals surface area contributed by atoms with E-state index in [-0.39, 0.29) is 17.1 Å². The lowest BCUT2D eigenvalue weighted by molar-refractivity contribution is -0.137. The highest BCUT2D eigenvalue weighted by Gasteiger charge is 2.31. The maximum absolute atomic E-state index is 14.0. The van der Waals surface area contributed by atoms with E-state index >= 15 is 0 Å². The lowest BCUT2D eigenvalue weighted by Gasteiger charge is -2.36. The maximum atomic E-state index is 14.0.